The Hall–Kier alpha value is -3.34. The molecule has 1 fully saturated rings. The second-order valence-corrected chi connectivity index (χ2v) is 7.94. The number of hydrogen-bond acceptors (Lipinski definition) is 3. The molecule has 2 aromatic carbocycles. The Morgan fingerprint density at radius 1 is 0.967 bits per heavy atom. The van der Waals surface area contributed by atoms with Gasteiger partial charge in [0.2, 0.25) is 0 Å². The first-order valence-corrected chi connectivity index (χ1v) is 10.5. The lowest BCUT2D eigenvalue weighted by molar-refractivity contribution is 0.0955. The SMILES string of the molecule is Cc1cc(/C=N/NC(=O)c2cccc(-n3c(C)ccc3C)c2)ccc1N1CCCC1. The van der Waals surface area contributed by atoms with Crippen LogP contribution in [0.1, 0.15) is 45.7 Å². The maximum Gasteiger partial charge on any atom is 0.271 e. The number of nitrogens with one attached hydrogen (secondary N) is 1. The molecule has 0 aliphatic carbocycles. The smallest absolute Gasteiger partial charge is 0.271 e. The highest BCUT2D eigenvalue weighted by atomic mass is 16.2. The van der Waals surface area contributed by atoms with Gasteiger partial charge in [0.1, 0.15) is 0 Å². The van der Waals surface area contributed by atoms with Crippen molar-refractivity contribution in [3.8, 4) is 5.69 Å². The van der Waals surface area contributed by atoms with Crippen LogP contribution >= 0.6 is 0 Å². The minimum absolute atomic E-state index is 0.221. The van der Waals surface area contributed by atoms with Crippen LogP contribution in [0.25, 0.3) is 5.69 Å². The molecule has 1 aromatic heterocycles. The van der Waals surface area contributed by atoms with E-state index in [1.165, 1.54) is 24.1 Å². The van der Waals surface area contributed by atoms with E-state index in [-0.39, 0.29) is 5.91 Å². The van der Waals surface area contributed by atoms with Gasteiger partial charge in [-0.15, -0.1) is 0 Å². The van der Waals surface area contributed by atoms with Crippen molar-refractivity contribution in [2.75, 3.05) is 18.0 Å². The number of carbonyl (C=O) groups excluding carboxylic acids is 1. The van der Waals surface area contributed by atoms with Gasteiger partial charge in [0, 0.05) is 41.4 Å². The average Bonchev–Trinajstić information content (AvgIpc) is 3.38. The Balaban J connectivity index is 1.44. The maximum atomic E-state index is 12.6. The van der Waals surface area contributed by atoms with Crippen LogP contribution in [-0.2, 0) is 0 Å². The molecule has 3 aromatic rings. The van der Waals surface area contributed by atoms with E-state index in [1.54, 1.807) is 12.3 Å². The van der Waals surface area contributed by atoms with Crippen molar-refractivity contribution in [2.45, 2.75) is 33.6 Å². The number of benzene rings is 2. The van der Waals surface area contributed by atoms with E-state index >= 15 is 0 Å². The van der Waals surface area contributed by atoms with Crippen molar-refractivity contribution in [3.05, 3.63) is 82.7 Å². The fourth-order valence-electron chi connectivity index (χ4n) is 4.16. The summed E-state index contributed by atoms with van der Waals surface area (Å²) in [5.74, 6) is -0.221. The van der Waals surface area contributed by atoms with E-state index in [9.17, 15) is 4.79 Å². The van der Waals surface area contributed by atoms with Gasteiger partial charge in [-0.1, -0.05) is 12.1 Å². The number of amides is 1. The van der Waals surface area contributed by atoms with Crippen molar-refractivity contribution < 1.29 is 4.79 Å². The summed E-state index contributed by atoms with van der Waals surface area (Å²) in [6.07, 6.45) is 4.22. The van der Waals surface area contributed by atoms with Crippen molar-refractivity contribution in [2.24, 2.45) is 5.10 Å². The maximum absolute atomic E-state index is 12.6. The molecule has 1 aliphatic rings. The van der Waals surface area contributed by atoms with Crippen molar-refractivity contribution >= 4 is 17.8 Å². The van der Waals surface area contributed by atoms with Crippen molar-refractivity contribution in [1.82, 2.24) is 9.99 Å². The zero-order chi connectivity index (χ0) is 21.1. The number of nitrogens with zero attached hydrogens (tertiary/aromatic N) is 3. The van der Waals surface area contributed by atoms with E-state index in [2.05, 4.69) is 71.1 Å². The number of anilines is 1. The minimum Gasteiger partial charge on any atom is -0.371 e. The number of hydrogen-bond donors (Lipinski definition) is 1. The van der Waals surface area contributed by atoms with Gasteiger partial charge in [-0.2, -0.15) is 5.10 Å². The Bertz CT molecular complexity index is 1070. The second kappa shape index (κ2) is 8.57. The summed E-state index contributed by atoms with van der Waals surface area (Å²) < 4.78 is 2.13. The molecule has 0 bridgehead atoms. The molecule has 1 N–H and O–H groups in total. The number of hydrazone groups is 1. The van der Waals surface area contributed by atoms with Crippen LogP contribution < -0.4 is 10.3 Å². The predicted octanol–water partition coefficient (Wildman–Crippen LogP) is 4.77. The molecule has 5 heteroatoms. The van der Waals surface area contributed by atoms with Crippen LogP contribution in [-0.4, -0.2) is 29.8 Å². The Labute approximate surface area is 178 Å². The second-order valence-electron chi connectivity index (χ2n) is 7.94. The van der Waals surface area contributed by atoms with Crippen LogP contribution in [0.15, 0.2) is 59.7 Å². The van der Waals surface area contributed by atoms with E-state index in [0.29, 0.717) is 5.56 Å². The molecule has 154 valence electrons. The third-order valence-corrected chi connectivity index (χ3v) is 5.69. The topological polar surface area (TPSA) is 49.6 Å². The molecule has 0 unspecified atom stereocenters. The third kappa shape index (κ3) is 4.15. The summed E-state index contributed by atoms with van der Waals surface area (Å²) >= 11 is 0. The summed E-state index contributed by atoms with van der Waals surface area (Å²) in [5.41, 5.74) is 9.97. The van der Waals surface area contributed by atoms with Gasteiger partial charge >= 0.3 is 0 Å². The molecule has 2 heterocycles. The van der Waals surface area contributed by atoms with Crippen LogP contribution in [0.3, 0.4) is 0 Å². The molecule has 0 radical (unpaired) electrons. The van der Waals surface area contributed by atoms with Gasteiger partial charge in [0.15, 0.2) is 0 Å². The van der Waals surface area contributed by atoms with Crippen molar-refractivity contribution in [3.63, 3.8) is 0 Å². The number of carbonyl (C=O) groups is 1. The van der Waals surface area contributed by atoms with Gasteiger partial charge in [-0.05, 0) is 87.2 Å². The fraction of sp³-hybridized carbons (Fsp3) is 0.280. The zero-order valence-corrected chi connectivity index (χ0v) is 17.9. The molecule has 0 spiro atoms. The molecule has 0 atom stereocenters. The third-order valence-electron chi connectivity index (χ3n) is 5.69. The fourth-order valence-corrected chi connectivity index (χ4v) is 4.16. The standard InChI is InChI=1S/C25H28N4O/c1-18-15-21(11-12-24(18)28-13-4-5-14-28)17-26-27-25(30)22-7-6-8-23(16-22)29-19(2)9-10-20(29)3/h6-12,15-17H,4-5,13-14H2,1-3H3,(H,27,30)/b26-17+. The van der Waals surface area contributed by atoms with Gasteiger partial charge in [-0.25, -0.2) is 5.43 Å². The summed E-state index contributed by atoms with van der Waals surface area (Å²) in [7, 11) is 0. The van der Waals surface area contributed by atoms with Gasteiger partial charge in [0.25, 0.3) is 5.91 Å². The lowest BCUT2D eigenvalue weighted by Crippen LogP contribution is -2.19. The molecular weight excluding hydrogens is 372 g/mol. The lowest BCUT2D eigenvalue weighted by atomic mass is 10.1. The summed E-state index contributed by atoms with van der Waals surface area (Å²) in [6.45, 7) is 8.50. The van der Waals surface area contributed by atoms with Crippen LogP contribution in [0.5, 0.6) is 0 Å². The minimum atomic E-state index is -0.221. The summed E-state index contributed by atoms with van der Waals surface area (Å²) in [5, 5.41) is 4.17. The van der Waals surface area contributed by atoms with Crippen LogP contribution in [0, 0.1) is 20.8 Å². The van der Waals surface area contributed by atoms with Gasteiger partial charge in [0.05, 0.1) is 6.21 Å². The highest BCUT2D eigenvalue weighted by molar-refractivity contribution is 5.95. The molecule has 1 amide bonds. The van der Waals surface area contributed by atoms with E-state index < -0.39 is 0 Å². The van der Waals surface area contributed by atoms with E-state index in [4.69, 9.17) is 0 Å². The Morgan fingerprint density at radius 3 is 2.40 bits per heavy atom. The summed E-state index contributed by atoms with van der Waals surface area (Å²) in [6, 6.07) is 18.0. The predicted molar refractivity (Wildman–Crippen MR) is 123 cm³/mol. The quantitative estimate of drug-likeness (QED) is 0.496. The normalized spacial score (nSPS) is 13.9. The first-order chi connectivity index (χ1) is 14.5. The van der Waals surface area contributed by atoms with E-state index in [0.717, 1.165) is 35.7 Å². The van der Waals surface area contributed by atoms with Gasteiger partial charge in [-0.3, -0.25) is 4.79 Å². The largest absolute Gasteiger partial charge is 0.371 e. The number of rotatable bonds is 5. The molecule has 1 saturated heterocycles. The van der Waals surface area contributed by atoms with Crippen LogP contribution in [0.4, 0.5) is 5.69 Å². The van der Waals surface area contributed by atoms with Crippen LogP contribution in [0.2, 0.25) is 0 Å². The highest BCUT2D eigenvalue weighted by Gasteiger charge is 2.14. The van der Waals surface area contributed by atoms with Crippen molar-refractivity contribution in [1.29, 1.82) is 0 Å². The van der Waals surface area contributed by atoms with Gasteiger partial charge < -0.3 is 9.47 Å². The lowest BCUT2D eigenvalue weighted by Gasteiger charge is -2.20. The molecule has 30 heavy (non-hydrogen) atoms. The zero-order valence-electron chi connectivity index (χ0n) is 17.9. The molecule has 0 saturated carbocycles. The molecule has 5 nitrogen and oxygen atoms in total. The number of aromatic nitrogens is 1. The Morgan fingerprint density at radius 2 is 1.70 bits per heavy atom. The first-order valence-electron chi connectivity index (χ1n) is 10.5. The monoisotopic (exact) mass is 400 g/mol. The molecule has 1 aliphatic heterocycles. The van der Waals surface area contributed by atoms with E-state index in [1.807, 2.05) is 18.2 Å². The Kier molecular flexibility index (Phi) is 5.70. The highest BCUT2D eigenvalue weighted by Crippen LogP contribution is 2.24. The summed E-state index contributed by atoms with van der Waals surface area (Å²) in [4.78, 5) is 15.0. The average molecular weight is 401 g/mol. The molecular formula is C25H28N4O. The number of aryl methyl sites for hydroxylation is 3. The molecule has 4 rings (SSSR count). The first kappa shape index (κ1) is 20.0.